The fraction of sp³-hybridized carbons (Fsp3) is 0.417. The Morgan fingerprint density at radius 2 is 2.20 bits per heavy atom. The van der Waals surface area contributed by atoms with E-state index in [1.165, 1.54) is 12.3 Å². The predicted molar refractivity (Wildman–Crippen MR) is 65.0 cm³/mol. The maximum Gasteiger partial charge on any atom is 0.331 e. The van der Waals surface area contributed by atoms with Crippen LogP contribution in [0.4, 0.5) is 0 Å². The fourth-order valence-corrected chi connectivity index (χ4v) is 1.85. The molecule has 1 saturated heterocycles. The van der Waals surface area contributed by atoms with E-state index in [4.69, 9.17) is 14.3 Å². The number of carbonyl (C=O) groups is 3. The van der Waals surface area contributed by atoms with Gasteiger partial charge >= 0.3 is 5.97 Å². The number of hydrogen-bond acceptors (Lipinski definition) is 5. The van der Waals surface area contributed by atoms with Gasteiger partial charge in [-0.1, -0.05) is 0 Å². The molecule has 2 amide bonds. The van der Waals surface area contributed by atoms with Gasteiger partial charge in [-0.05, 0) is 12.1 Å². The van der Waals surface area contributed by atoms with Gasteiger partial charge in [0.15, 0.2) is 11.3 Å². The van der Waals surface area contributed by atoms with Crippen LogP contribution in [0, 0.1) is 0 Å². The van der Waals surface area contributed by atoms with Gasteiger partial charge in [-0.15, -0.1) is 0 Å². The molecule has 0 bridgehead atoms. The number of carboxylic acid groups (broad SMARTS) is 1. The first-order chi connectivity index (χ1) is 9.53. The quantitative estimate of drug-likeness (QED) is 0.661. The second kappa shape index (κ2) is 5.74. The van der Waals surface area contributed by atoms with Crippen LogP contribution in [0.25, 0.3) is 0 Å². The van der Waals surface area contributed by atoms with Gasteiger partial charge in [0.05, 0.1) is 19.4 Å². The molecule has 8 heteroatoms. The van der Waals surface area contributed by atoms with Gasteiger partial charge in [0.25, 0.3) is 5.91 Å². The summed E-state index contributed by atoms with van der Waals surface area (Å²) in [6.07, 6.45) is 1.53. The normalized spacial score (nSPS) is 21.4. The van der Waals surface area contributed by atoms with E-state index in [9.17, 15) is 14.4 Å². The van der Waals surface area contributed by atoms with Crippen LogP contribution >= 0.6 is 0 Å². The van der Waals surface area contributed by atoms with E-state index in [0.29, 0.717) is 0 Å². The molecule has 2 heterocycles. The summed E-state index contributed by atoms with van der Waals surface area (Å²) in [6.45, 7) is -0.153. The maximum absolute atomic E-state index is 11.7. The lowest BCUT2D eigenvalue weighted by Crippen LogP contribution is -2.57. The van der Waals surface area contributed by atoms with Crippen molar-refractivity contribution >= 4 is 17.8 Å². The van der Waals surface area contributed by atoms with Crippen molar-refractivity contribution in [1.29, 1.82) is 0 Å². The van der Waals surface area contributed by atoms with Crippen molar-refractivity contribution in [2.24, 2.45) is 0 Å². The fourth-order valence-electron chi connectivity index (χ4n) is 1.85. The van der Waals surface area contributed by atoms with E-state index >= 15 is 0 Å². The molecule has 0 radical (unpaired) electrons. The number of ether oxygens (including phenoxy) is 1. The van der Waals surface area contributed by atoms with Gasteiger partial charge < -0.3 is 24.9 Å². The molecule has 20 heavy (non-hydrogen) atoms. The Kier molecular flexibility index (Phi) is 4.04. The topological polar surface area (TPSA) is 118 Å². The summed E-state index contributed by atoms with van der Waals surface area (Å²) in [6, 6.07) is 3.00. The van der Waals surface area contributed by atoms with Gasteiger partial charge in [0.1, 0.15) is 0 Å². The van der Waals surface area contributed by atoms with E-state index in [1.807, 2.05) is 0 Å². The van der Waals surface area contributed by atoms with Crippen LogP contribution in [-0.4, -0.2) is 48.2 Å². The highest BCUT2D eigenvalue weighted by atomic mass is 16.5. The van der Waals surface area contributed by atoms with E-state index in [2.05, 4.69) is 10.6 Å². The summed E-state index contributed by atoms with van der Waals surface area (Å²) in [7, 11) is 0. The van der Waals surface area contributed by atoms with Gasteiger partial charge in [-0.3, -0.25) is 9.59 Å². The van der Waals surface area contributed by atoms with Crippen LogP contribution in [-0.2, 0) is 14.3 Å². The number of carboxylic acids is 1. The Bertz CT molecular complexity index is 504. The molecule has 1 aromatic heterocycles. The summed E-state index contributed by atoms with van der Waals surface area (Å²) in [5.74, 6) is -2.22. The largest absolute Gasteiger partial charge is 0.479 e. The molecule has 1 aliphatic heterocycles. The molecule has 0 aliphatic carbocycles. The highest BCUT2D eigenvalue weighted by molar-refractivity contribution is 5.95. The second-order valence-corrected chi connectivity index (χ2v) is 4.40. The van der Waals surface area contributed by atoms with E-state index in [0.717, 1.165) is 0 Å². The third-order valence-corrected chi connectivity index (χ3v) is 2.96. The molecule has 3 N–H and O–H groups in total. The van der Waals surface area contributed by atoms with Crippen LogP contribution in [0.3, 0.4) is 0 Å². The molecular weight excluding hydrogens is 268 g/mol. The smallest absolute Gasteiger partial charge is 0.331 e. The molecule has 8 nitrogen and oxygen atoms in total. The molecule has 108 valence electrons. The number of hydrogen-bond donors (Lipinski definition) is 3. The minimum Gasteiger partial charge on any atom is -0.479 e. The summed E-state index contributed by atoms with van der Waals surface area (Å²) in [5.41, 5.74) is -1.41. The summed E-state index contributed by atoms with van der Waals surface area (Å²) in [5, 5.41) is 13.9. The number of aliphatic carboxylic acids is 1. The van der Waals surface area contributed by atoms with Crippen LogP contribution in [0.1, 0.15) is 17.0 Å². The van der Waals surface area contributed by atoms with Crippen LogP contribution < -0.4 is 10.6 Å². The molecule has 1 fully saturated rings. The highest BCUT2D eigenvalue weighted by Gasteiger charge is 2.43. The zero-order valence-corrected chi connectivity index (χ0v) is 10.5. The molecule has 1 unspecified atom stereocenters. The molecule has 0 spiro atoms. The van der Waals surface area contributed by atoms with Crippen molar-refractivity contribution in [2.45, 2.75) is 12.0 Å². The third kappa shape index (κ3) is 2.97. The predicted octanol–water partition coefficient (Wildman–Crippen LogP) is -0.631. The van der Waals surface area contributed by atoms with Crippen LogP contribution in [0.15, 0.2) is 22.8 Å². The number of carbonyl (C=O) groups excluding carboxylic acids is 2. The lowest BCUT2D eigenvalue weighted by Gasteiger charge is -2.23. The molecule has 0 aromatic carbocycles. The molecule has 2 rings (SSSR count). The second-order valence-electron chi connectivity index (χ2n) is 4.40. The van der Waals surface area contributed by atoms with Crippen molar-refractivity contribution in [2.75, 3.05) is 19.8 Å². The summed E-state index contributed by atoms with van der Waals surface area (Å²) in [4.78, 5) is 34.4. The number of amides is 2. The van der Waals surface area contributed by atoms with Crippen molar-refractivity contribution in [1.82, 2.24) is 10.6 Å². The monoisotopic (exact) mass is 282 g/mol. The van der Waals surface area contributed by atoms with Crippen molar-refractivity contribution in [3.8, 4) is 0 Å². The lowest BCUT2D eigenvalue weighted by atomic mass is 9.99. The Morgan fingerprint density at radius 3 is 2.75 bits per heavy atom. The van der Waals surface area contributed by atoms with Crippen molar-refractivity contribution in [3.63, 3.8) is 0 Å². The zero-order chi connectivity index (χ0) is 14.6. The van der Waals surface area contributed by atoms with Crippen molar-refractivity contribution in [3.05, 3.63) is 24.2 Å². The average molecular weight is 282 g/mol. The van der Waals surface area contributed by atoms with E-state index < -0.39 is 23.3 Å². The first-order valence-electron chi connectivity index (χ1n) is 5.97. The molecule has 1 atom stereocenters. The Labute approximate surface area is 114 Å². The zero-order valence-electron chi connectivity index (χ0n) is 10.5. The van der Waals surface area contributed by atoms with Crippen LogP contribution in [0.2, 0.25) is 0 Å². The summed E-state index contributed by atoms with van der Waals surface area (Å²) < 4.78 is 9.87. The van der Waals surface area contributed by atoms with Crippen LogP contribution in [0.5, 0.6) is 0 Å². The Hall–Kier alpha value is -2.35. The molecule has 1 aromatic rings. The number of nitrogens with one attached hydrogen (secondary N) is 2. The number of furan rings is 1. The van der Waals surface area contributed by atoms with Crippen molar-refractivity contribution < 1.29 is 28.6 Å². The third-order valence-electron chi connectivity index (χ3n) is 2.96. The van der Waals surface area contributed by atoms with E-state index in [-0.39, 0.29) is 31.9 Å². The minimum absolute atomic E-state index is 0.0787. The van der Waals surface area contributed by atoms with E-state index in [1.54, 1.807) is 6.07 Å². The van der Waals surface area contributed by atoms with Gasteiger partial charge in [-0.25, -0.2) is 4.79 Å². The maximum atomic E-state index is 11.7. The lowest BCUT2D eigenvalue weighted by molar-refractivity contribution is -0.147. The van der Waals surface area contributed by atoms with Gasteiger partial charge in [0, 0.05) is 13.0 Å². The average Bonchev–Trinajstić information content (AvgIpc) is 3.07. The first kappa shape index (κ1) is 14.1. The Morgan fingerprint density at radius 1 is 1.40 bits per heavy atom. The van der Waals surface area contributed by atoms with Gasteiger partial charge in [-0.2, -0.15) is 0 Å². The molecule has 1 aliphatic rings. The Balaban J connectivity index is 1.86. The SMILES string of the molecule is O=C(CNC(=O)c1ccco1)NC1(C(=O)O)CCOC1. The first-order valence-corrected chi connectivity index (χ1v) is 5.97. The highest BCUT2D eigenvalue weighted by Crippen LogP contribution is 2.18. The standard InChI is InChI=1S/C12H14N2O6/c15-9(6-13-10(16)8-2-1-4-20-8)14-12(11(17)18)3-5-19-7-12/h1-2,4H,3,5-7H2,(H,13,16)(H,14,15)(H,17,18). The van der Waals surface area contributed by atoms with Gasteiger partial charge in [0.2, 0.25) is 5.91 Å². The molecule has 0 saturated carbocycles. The number of rotatable bonds is 5. The summed E-state index contributed by atoms with van der Waals surface area (Å²) >= 11 is 0. The molecular formula is C12H14N2O6. The minimum atomic E-state index is -1.41.